The summed E-state index contributed by atoms with van der Waals surface area (Å²) in [6.45, 7) is 9.53. The van der Waals surface area contributed by atoms with Crippen LogP contribution in [-0.2, 0) is 6.42 Å². The van der Waals surface area contributed by atoms with E-state index in [0.717, 1.165) is 50.2 Å². The molecule has 0 radical (unpaired) electrons. The van der Waals surface area contributed by atoms with Gasteiger partial charge in [-0.3, -0.25) is 0 Å². The quantitative estimate of drug-likeness (QED) is 0.355. The van der Waals surface area contributed by atoms with E-state index >= 15 is 0 Å². The summed E-state index contributed by atoms with van der Waals surface area (Å²) in [5.41, 5.74) is 1.35. The summed E-state index contributed by atoms with van der Waals surface area (Å²) in [7, 11) is 2.08. The SMILES string of the molecule is C=N/N=C(/C)N(C)CC1CCN(Sc2ccc3c(c2)CCO3)CC1. The van der Waals surface area contributed by atoms with Gasteiger partial charge in [0, 0.05) is 44.7 Å². The number of hydrogen-bond donors (Lipinski definition) is 0. The van der Waals surface area contributed by atoms with Crippen molar-refractivity contribution in [3.63, 3.8) is 0 Å². The Hall–Kier alpha value is -1.53. The highest BCUT2D eigenvalue weighted by Gasteiger charge is 2.22. The van der Waals surface area contributed by atoms with E-state index in [1.54, 1.807) is 0 Å². The molecule has 0 aromatic heterocycles. The lowest BCUT2D eigenvalue weighted by atomic mass is 9.98. The highest BCUT2D eigenvalue weighted by atomic mass is 32.2. The first-order valence-electron chi connectivity index (χ1n) is 8.56. The van der Waals surface area contributed by atoms with Crippen molar-refractivity contribution < 1.29 is 4.74 Å². The van der Waals surface area contributed by atoms with Crippen LogP contribution in [0.15, 0.2) is 33.3 Å². The van der Waals surface area contributed by atoms with E-state index in [2.05, 4.69) is 51.4 Å². The summed E-state index contributed by atoms with van der Waals surface area (Å²) in [5, 5.41) is 7.63. The minimum absolute atomic E-state index is 0.718. The van der Waals surface area contributed by atoms with Crippen molar-refractivity contribution in [2.24, 2.45) is 16.1 Å². The Bertz CT molecular complexity index is 611. The van der Waals surface area contributed by atoms with Crippen LogP contribution in [0, 0.1) is 5.92 Å². The van der Waals surface area contributed by atoms with Crippen LogP contribution in [0.1, 0.15) is 25.3 Å². The topological polar surface area (TPSA) is 40.4 Å². The molecule has 0 unspecified atom stereocenters. The zero-order valence-corrected chi connectivity index (χ0v) is 15.4. The third kappa shape index (κ3) is 4.30. The average Bonchev–Trinajstić information content (AvgIpc) is 3.04. The van der Waals surface area contributed by atoms with Gasteiger partial charge in [-0.15, -0.1) is 5.10 Å². The minimum atomic E-state index is 0.718. The molecule has 0 spiro atoms. The van der Waals surface area contributed by atoms with Crippen LogP contribution in [0.3, 0.4) is 0 Å². The van der Waals surface area contributed by atoms with Gasteiger partial charge in [0.2, 0.25) is 0 Å². The number of amidine groups is 1. The molecule has 2 heterocycles. The van der Waals surface area contributed by atoms with Gasteiger partial charge < -0.3 is 9.64 Å². The van der Waals surface area contributed by atoms with Crippen molar-refractivity contribution in [1.82, 2.24) is 9.21 Å². The van der Waals surface area contributed by atoms with Gasteiger partial charge in [-0.25, -0.2) is 4.31 Å². The van der Waals surface area contributed by atoms with Gasteiger partial charge in [0.1, 0.15) is 11.6 Å². The van der Waals surface area contributed by atoms with E-state index in [1.807, 2.05) is 18.9 Å². The Morgan fingerprint density at radius 1 is 1.42 bits per heavy atom. The lowest BCUT2D eigenvalue weighted by molar-refractivity contribution is 0.254. The molecule has 2 aliphatic rings. The number of hydrogen-bond acceptors (Lipinski definition) is 5. The van der Waals surface area contributed by atoms with Gasteiger partial charge in [0.05, 0.1) is 6.61 Å². The summed E-state index contributed by atoms with van der Waals surface area (Å²) in [5.74, 6) is 2.71. The van der Waals surface area contributed by atoms with Crippen LogP contribution < -0.4 is 4.74 Å². The summed E-state index contributed by atoms with van der Waals surface area (Å²) in [6, 6.07) is 6.58. The summed E-state index contributed by atoms with van der Waals surface area (Å²) < 4.78 is 8.07. The van der Waals surface area contributed by atoms with E-state index in [4.69, 9.17) is 4.74 Å². The Labute approximate surface area is 148 Å². The van der Waals surface area contributed by atoms with Crippen molar-refractivity contribution >= 4 is 24.5 Å². The predicted molar refractivity (Wildman–Crippen MR) is 101 cm³/mol. The smallest absolute Gasteiger partial charge is 0.124 e. The molecule has 130 valence electrons. The molecule has 1 fully saturated rings. The van der Waals surface area contributed by atoms with Crippen LogP contribution in [0.25, 0.3) is 0 Å². The Morgan fingerprint density at radius 3 is 2.96 bits per heavy atom. The first-order chi connectivity index (χ1) is 11.7. The molecule has 0 amide bonds. The fourth-order valence-corrected chi connectivity index (χ4v) is 4.27. The van der Waals surface area contributed by atoms with Crippen LogP contribution in [0.2, 0.25) is 0 Å². The molecule has 1 aromatic rings. The lowest BCUT2D eigenvalue weighted by Gasteiger charge is -2.33. The van der Waals surface area contributed by atoms with Gasteiger partial charge in [-0.2, -0.15) is 5.10 Å². The number of benzene rings is 1. The fourth-order valence-electron chi connectivity index (χ4n) is 3.25. The van der Waals surface area contributed by atoms with Gasteiger partial charge in [0.15, 0.2) is 0 Å². The van der Waals surface area contributed by atoms with Crippen molar-refractivity contribution in [3.8, 4) is 5.75 Å². The average molecular weight is 347 g/mol. The maximum Gasteiger partial charge on any atom is 0.124 e. The molecule has 5 nitrogen and oxygen atoms in total. The second kappa shape index (κ2) is 8.03. The molecule has 1 saturated heterocycles. The van der Waals surface area contributed by atoms with E-state index in [1.165, 1.54) is 23.3 Å². The molecule has 3 rings (SSSR count). The number of fused-ring (bicyclic) bond motifs is 1. The summed E-state index contributed by atoms with van der Waals surface area (Å²) in [6.07, 6.45) is 3.49. The standard InChI is InChI=1S/C18H26N4OS/c1-14(20-19-2)21(3)13-15-6-9-22(10-7-15)24-17-4-5-18-16(12-17)8-11-23-18/h4-5,12,15H,2,6-11,13H2,1,3H3/b20-14-. The Balaban J connectivity index is 1.47. The third-order valence-corrected chi connectivity index (χ3v) is 5.86. The van der Waals surface area contributed by atoms with Gasteiger partial charge >= 0.3 is 0 Å². The molecular weight excluding hydrogens is 320 g/mol. The van der Waals surface area contributed by atoms with Gasteiger partial charge in [-0.05, 0) is 61.4 Å². The van der Waals surface area contributed by atoms with Crippen LogP contribution in [0.5, 0.6) is 5.75 Å². The normalized spacial score (nSPS) is 19.0. The first kappa shape index (κ1) is 17.3. The molecule has 0 N–H and O–H groups in total. The molecule has 24 heavy (non-hydrogen) atoms. The van der Waals surface area contributed by atoms with Gasteiger partial charge in [-0.1, -0.05) is 0 Å². The van der Waals surface area contributed by atoms with E-state index < -0.39 is 0 Å². The molecule has 0 saturated carbocycles. The van der Waals surface area contributed by atoms with E-state index in [9.17, 15) is 0 Å². The van der Waals surface area contributed by atoms with E-state index in [0.29, 0.717) is 0 Å². The molecule has 0 atom stereocenters. The largest absolute Gasteiger partial charge is 0.493 e. The zero-order valence-electron chi connectivity index (χ0n) is 14.6. The monoisotopic (exact) mass is 346 g/mol. The molecule has 2 aliphatic heterocycles. The third-order valence-electron chi connectivity index (χ3n) is 4.77. The van der Waals surface area contributed by atoms with E-state index in [-0.39, 0.29) is 0 Å². The highest BCUT2D eigenvalue weighted by molar-refractivity contribution is 7.97. The first-order valence-corrected chi connectivity index (χ1v) is 9.33. The van der Waals surface area contributed by atoms with Crippen molar-refractivity contribution in [1.29, 1.82) is 0 Å². The van der Waals surface area contributed by atoms with Crippen molar-refractivity contribution in [3.05, 3.63) is 23.8 Å². The van der Waals surface area contributed by atoms with Crippen LogP contribution >= 0.6 is 11.9 Å². The lowest BCUT2D eigenvalue weighted by Crippen LogP contribution is -2.36. The fraction of sp³-hybridized carbons (Fsp3) is 0.556. The zero-order chi connectivity index (χ0) is 16.9. The predicted octanol–water partition coefficient (Wildman–Crippen LogP) is 3.31. The number of piperidine rings is 1. The number of rotatable bonds is 5. The van der Waals surface area contributed by atoms with Gasteiger partial charge in [0.25, 0.3) is 0 Å². The number of nitrogens with zero attached hydrogens (tertiary/aromatic N) is 4. The summed E-state index contributed by atoms with van der Waals surface area (Å²) in [4.78, 5) is 3.51. The molecule has 6 heteroatoms. The molecule has 0 aliphatic carbocycles. The van der Waals surface area contributed by atoms with Crippen LogP contribution in [-0.4, -0.2) is 55.0 Å². The second-order valence-electron chi connectivity index (χ2n) is 6.50. The maximum atomic E-state index is 5.58. The molecular formula is C18H26N4OS. The Kier molecular flexibility index (Phi) is 5.79. The number of ether oxygens (including phenoxy) is 1. The second-order valence-corrected chi connectivity index (χ2v) is 7.67. The summed E-state index contributed by atoms with van der Waals surface area (Å²) >= 11 is 1.88. The van der Waals surface area contributed by atoms with Crippen LogP contribution in [0.4, 0.5) is 0 Å². The Morgan fingerprint density at radius 2 is 2.21 bits per heavy atom. The van der Waals surface area contributed by atoms with Crippen molar-refractivity contribution in [2.75, 3.05) is 33.3 Å². The minimum Gasteiger partial charge on any atom is -0.493 e. The molecule has 0 bridgehead atoms. The van der Waals surface area contributed by atoms with Crippen molar-refractivity contribution in [2.45, 2.75) is 31.1 Å². The molecule has 1 aromatic carbocycles. The highest BCUT2D eigenvalue weighted by Crippen LogP contribution is 2.33. The maximum absolute atomic E-state index is 5.58.